The molecule has 1 aromatic carbocycles. The van der Waals surface area contributed by atoms with Gasteiger partial charge in [0.15, 0.2) is 5.82 Å². The Labute approximate surface area is 146 Å². The van der Waals surface area contributed by atoms with Crippen molar-refractivity contribution in [2.45, 2.75) is 6.04 Å². The highest BCUT2D eigenvalue weighted by molar-refractivity contribution is 6.02. The normalized spacial score (nSPS) is 15.4. The number of aromatic nitrogens is 2. The summed E-state index contributed by atoms with van der Waals surface area (Å²) in [6.07, 6.45) is 1.28. The fourth-order valence-electron chi connectivity index (χ4n) is 2.24. The Balaban J connectivity index is 1.95. The molecule has 26 heavy (non-hydrogen) atoms. The molecule has 0 saturated carbocycles. The highest BCUT2D eigenvalue weighted by Crippen LogP contribution is 2.29. The third-order valence-electron chi connectivity index (χ3n) is 3.56. The molecule has 0 spiro atoms. The molecule has 1 atom stereocenters. The molecule has 1 aliphatic rings. The van der Waals surface area contributed by atoms with Gasteiger partial charge in [0.1, 0.15) is 28.9 Å². The van der Waals surface area contributed by atoms with Crippen LogP contribution in [0.4, 0.5) is 11.5 Å². The van der Waals surface area contributed by atoms with Crippen molar-refractivity contribution in [1.29, 1.82) is 5.41 Å². The van der Waals surface area contributed by atoms with Crippen molar-refractivity contribution in [3.63, 3.8) is 0 Å². The molecule has 0 saturated heterocycles. The van der Waals surface area contributed by atoms with Crippen molar-refractivity contribution in [2.75, 3.05) is 17.2 Å². The van der Waals surface area contributed by atoms with E-state index < -0.39 is 24.5 Å². The minimum atomic E-state index is -1.24. The van der Waals surface area contributed by atoms with Crippen LogP contribution in [0.3, 0.4) is 0 Å². The maximum atomic E-state index is 11.7. The van der Waals surface area contributed by atoms with E-state index in [9.17, 15) is 19.8 Å². The van der Waals surface area contributed by atoms with E-state index in [-0.39, 0.29) is 34.5 Å². The molecule has 2 heterocycles. The van der Waals surface area contributed by atoms with Crippen LogP contribution in [0.15, 0.2) is 24.4 Å². The number of anilines is 2. The van der Waals surface area contributed by atoms with Crippen molar-refractivity contribution < 1.29 is 24.5 Å². The third-order valence-corrected chi connectivity index (χ3v) is 3.56. The van der Waals surface area contributed by atoms with Gasteiger partial charge < -0.3 is 31.3 Å². The number of hydrogen-bond donors (Lipinski definition) is 6. The van der Waals surface area contributed by atoms with Gasteiger partial charge in [-0.3, -0.25) is 10.2 Å². The number of fused-ring (bicyclic) bond motifs is 1. The quantitative estimate of drug-likeness (QED) is 0.315. The Kier molecular flexibility index (Phi) is 4.37. The Bertz CT molecular complexity index is 915. The number of carboxylic acid groups (broad SMARTS) is 1. The molecule has 1 amide bonds. The van der Waals surface area contributed by atoms with Crippen molar-refractivity contribution in [3.05, 3.63) is 35.5 Å². The predicted molar refractivity (Wildman–Crippen MR) is 89.6 cm³/mol. The van der Waals surface area contributed by atoms with Crippen molar-refractivity contribution >= 4 is 29.2 Å². The highest BCUT2D eigenvalue weighted by atomic mass is 16.5. The van der Waals surface area contributed by atoms with Crippen molar-refractivity contribution in [3.8, 4) is 11.8 Å². The number of rotatable bonds is 5. The van der Waals surface area contributed by atoms with Gasteiger partial charge >= 0.3 is 12.0 Å². The fraction of sp³-hybridized carbons (Fsp3) is 0.133. The van der Waals surface area contributed by atoms with Gasteiger partial charge in [0, 0.05) is 5.56 Å². The first kappa shape index (κ1) is 17.1. The van der Waals surface area contributed by atoms with Gasteiger partial charge in [0.25, 0.3) is 0 Å². The number of ether oxygens (including phenoxy) is 1. The summed E-state index contributed by atoms with van der Waals surface area (Å²) < 4.78 is 5.45. The first-order valence-corrected chi connectivity index (χ1v) is 7.34. The first-order chi connectivity index (χ1) is 12.4. The van der Waals surface area contributed by atoms with Crippen LogP contribution in [-0.4, -0.2) is 50.5 Å². The second kappa shape index (κ2) is 6.64. The number of carbonyl (C=O) groups is 2. The molecule has 0 fully saturated rings. The van der Waals surface area contributed by atoms with Gasteiger partial charge in [0.2, 0.25) is 5.91 Å². The summed E-state index contributed by atoms with van der Waals surface area (Å²) in [6.45, 7) is -0.435. The van der Waals surface area contributed by atoms with Crippen LogP contribution >= 0.6 is 0 Å². The number of amides is 1. The summed E-state index contributed by atoms with van der Waals surface area (Å²) in [4.78, 5) is 31.0. The summed E-state index contributed by atoms with van der Waals surface area (Å²) in [6, 6.07) is 2.87. The number of nitrogens with two attached hydrogens (primary N) is 1. The average molecular weight is 358 g/mol. The maximum Gasteiger partial charge on any atom is 0.339 e. The SMILES string of the molecule is N=C(N)c1ccc(C(=O)O)c(Oc2ncc3c(n2)NC(CO)C(=O)N3)c1. The Morgan fingerprint density at radius 2 is 2.19 bits per heavy atom. The summed E-state index contributed by atoms with van der Waals surface area (Å²) in [5.74, 6) is -1.80. The third kappa shape index (κ3) is 3.23. The number of carboxylic acids is 1. The second-order valence-electron chi connectivity index (χ2n) is 5.32. The van der Waals surface area contributed by atoms with Gasteiger partial charge in [0.05, 0.1) is 12.8 Å². The number of aromatic carboxylic acids is 1. The molecule has 0 radical (unpaired) electrons. The predicted octanol–water partition coefficient (Wildman–Crippen LogP) is -0.0239. The van der Waals surface area contributed by atoms with Crippen LogP contribution in [0.2, 0.25) is 0 Å². The Hall–Kier alpha value is -3.73. The summed E-state index contributed by atoms with van der Waals surface area (Å²) >= 11 is 0. The Morgan fingerprint density at radius 3 is 2.85 bits per heavy atom. The van der Waals surface area contributed by atoms with E-state index in [0.29, 0.717) is 5.69 Å². The number of nitrogen functional groups attached to an aromatic ring is 1. The lowest BCUT2D eigenvalue weighted by atomic mass is 10.1. The summed E-state index contributed by atoms with van der Waals surface area (Å²) in [7, 11) is 0. The lowest BCUT2D eigenvalue weighted by Crippen LogP contribution is -2.41. The smallest absolute Gasteiger partial charge is 0.339 e. The number of aliphatic hydroxyl groups excluding tert-OH is 1. The monoisotopic (exact) mass is 358 g/mol. The number of nitrogens with zero attached hydrogens (tertiary/aromatic N) is 2. The van der Waals surface area contributed by atoms with E-state index in [2.05, 4.69) is 20.6 Å². The molecule has 2 aromatic rings. The standard InChI is InChI=1S/C15H14N6O5/c16-11(17)6-1-2-7(14(24)25)10(3-6)26-15-18-4-8-12(21-15)19-9(5-22)13(23)20-8/h1-4,9,22H,5H2,(H3,16,17)(H,20,23)(H,24,25)(H,18,19,21). The summed E-state index contributed by atoms with van der Waals surface area (Å²) in [5.41, 5.74) is 5.82. The van der Waals surface area contributed by atoms with E-state index in [0.717, 1.165) is 0 Å². The molecule has 1 aliphatic heterocycles. The average Bonchev–Trinajstić information content (AvgIpc) is 2.61. The molecule has 0 aliphatic carbocycles. The number of benzene rings is 1. The molecule has 3 rings (SSSR count). The van der Waals surface area contributed by atoms with Crippen LogP contribution in [0.1, 0.15) is 15.9 Å². The molecule has 11 heteroatoms. The van der Waals surface area contributed by atoms with E-state index >= 15 is 0 Å². The minimum Gasteiger partial charge on any atom is -0.478 e. The zero-order chi connectivity index (χ0) is 18.8. The Morgan fingerprint density at radius 1 is 1.42 bits per heavy atom. The first-order valence-electron chi connectivity index (χ1n) is 7.34. The van der Waals surface area contributed by atoms with Crippen LogP contribution < -0.4 is 21.1 Å². The van der Waals surface area contributed by atoms with E-state index in [1.165, 1.54) is 24.4 Å². The van der Waals surface area contributed by atoms with E-state index in [1.807, 2.05) is 0 Å². The zero-order valence-corrected chi connectivity index (χ0v) is 13.2. The second-order valence-corrected chi connectivity index (χ2v) is 5.32. The van der Waals surface area contributed by atoms with Gasteiger partial charge in [-0.2, -0.15) is 4.98 Å². The highest BCUT2D eigenvalue weighted by Gasteiger charge is 2.26. The fourth-order valence-corrected chi connectivity index (χ4v) is 2.24. The summed E-state index contributed by atoms with van der Waals surface area (Å²) in [5, 5.41) is 31.1. The molecule has 0 bridgehead atoms. The number of hydrogen-bond acceptors (Lipinski definition) is 8. The van der Waals surface area contributed by atoms with E-state index in [4.69, 9.17) is 15.9 Å². The van der Waals surface area contributed by atoms with Gasteiger partial charge in [-0.25, -0.2) is 9.78 Å². The maximum absolute atomic E-state index is 11.7. The number of amidine groups is 1. The molecule has 134 valence electrons. The number of aliphatic hydroxyl groups is 1. The number of nitrogens with one attached hydrogen (secondary N) is 3. The minimum absolute atomic E-state index is 0.0938. The van der Waals surface area contributed by atoms with Gasteiger partial charge in [-0.15, -0.1) is 0 Å². The van der Waals surface area contributed by atoms with Crippen molar-refractivity contribution in [1.82, 2.24) is 9.97 Å². The van der Waals surface area contributed by atoms with Crippen LogP contribution in [0.25, 0.3) is 0 Å². The topological polar surface area (TPSA) is 184 Å². The van der Waals surface area contributed by atoms with E-state index in [1.54, 1.807) is 0 Å². The lowest BCUT2D eigenvalue weighted by Gasteiger charge is -2.24. The molecule has 1 aromatic heterocycles. The molecular formula is C15H14N6O5. The molecule has 11 nitrogen and oxygen atoms in total. The van der Waals surface area contributed by atoms with Crippen LogP contribution in [0, 0.1) is 5.41 Å². The molecular weight excluding hydrogens is 344 g/mol. The number of carbonyl (C=O) groups excluding carboxylic acids is 1. The molecule has 1 unspecified atom stereocenters. The van der Waals surface area contributed by atoms with Gasteiger partial charge in [-0.05, 0) is 12.1 Å². The van der Waals surface area contributed by atoms with Crippen LogP contribution in [0.5, 0.6) is 11.8 Å². The molecule has 7 N–H and O–H groups in total. The lowest BCUT2D eigenvalue weighted by molar-refractivity contribution is -0.117. The van der Waals surface area contributed by atoms with Gasteiger partial charge in [-0.1, -0.05) is 6.07 Å². The largest absolute Gasteiger partial charge is 0.478 e. The zero-order valence-electron chi connectivity index (χ0n) is 13.2. The van der Waals surface area contributed by atoms with Crippen molar-refractivity contribution in [2.24, 2.45) is 5.73 Å². The van der Waals surface area contributed by atoms with Crippen LogP contribution in [-0.2, 0) is 4.79 Å².